The van der Waals surface area contributed by atoms with Crippen LogP contribution in [-0.2, 0) is 19.1 Å². The lowest BCUT2D eigenvalue weighted by Crippen LogP contribution is -2.21. The van der Waals surface area contributed by atoms with Crippen LogP contribution in [0.3, 0.4) is 0 Å². The van der Waals surface area contributed by atoms with Gasteiger partial charge >= 0.3 is 0 Å². The predicted molar refractivity (Wildman–Crippen MR) is 52.3 cm³/mol. The number of aldehydes is 1. The monoisotopic (exact) mass is 220 g/mol. The van der Waals surface area contributed by atoms with Gasteiger partial charge in [0.15, 0.2) is 0 Å². The zero-order chi connectivity index (χ0) is 11.0. The van der Waals surface area contributed by atoms with Crippen LogP contribution in [-0.4, -0.2) is 26.6 Å². The van der Waals surface area contributed by atoms with Gasteiger partial charge in [0, 0.05) is 5.92 Å². The average molecular weight is 220 g/mol. The topological polar surface area (TPSA) is 60.4 Å². The highest BCUT2D eigenvalue weighted by atomic mass is 32.2. The van der Waals surface area contributed by atoms with Gasteiger partial charge in [-0.1, -0.05) is 20.8 Å². The molecule has 0 N–H and O–H groups in total. The van der Waals surface area contributed by atoms with Gasteiger partial charge in [-0.15, -0.1) is 0 Å². The summed E-state index contributed by atoms with van der Waals surface area (Å²) in [5.74, 6) is -0.347. The fourth-order valence-corrected chi connectivity index (χ4v) is 2.65. The van der Waals surface area contributed by atoms with Gasteiger partial charge in [-0.3, -0.25) is 4.18 Å². The summed E-state index contributed by atoms with van der Waals surface area (Å²) in [6.07, 6.45) is 1.10. The molecule has 4 nitrogen and oxygen atoms in total. The van der Waals surface area contributed by atoms with Crippen LogP contribution >= 0.6 is 0 Å². The van der Waals surface area contributed by atoms with Crippen molar-refractivity contribution in [1.82, 2.24) is 0 Å². The molecule has 0 heterocycles. The number of hydrogen-bond donors (Lipinski definition) is 0. The number of carbonyl (C=O) groups excluding carboxylic acids is 1. The zero-order valence-corrected chi connectivity index (χ0v) is 9.50. The van der Waals surface area contributed by atoms with Crippen LogP contribution in [0, 0.1) is 11.3 Å². The largest absolute Gasteiger partial charge is 0.303 e. The van der Waals surface area contributed by atoms with E-state index in [4.69, 9.17) is 4.18 Å². The Balaban J connectivity index is 2.49. The summed E-state index contributed by atoms with van der Waals surface area (Å²) in [5.41, 5.74) is -0.182. The maximum Gasteiger partial charge on any atom is 0.270 e. The molecule has 0 bridgehead atoms. The van der Waals surface area contributed by atoms with E-state index in [-0.39, 0.29) is 17.9 Å². The fraction of sp³-hybridized carbons (Fsp3) is 0.889. The van der Waals surface area contributed by atoms with Crippen molar-refractivity contribution >= 4 is 16.4 Å². The van der Waals surface area contributed by atoms with Crippen LogP contribution < -0.4 is 0 Å². The molecule has 0 spiro atoms. The molecule has 0 unspecified atom stereocenters. The van der Waals surface area contributed by atoms with E-state index in [2.05, 4.69) is 0 Å². The highest BCUT2D eigenvalue weighted by molar-refractivity contribution is 7.87. The molecule has 0 aromatic carbocycles. The van der Waals surface area contributed by atoms with Crippen molar-refractivity contribution in [1.29, 1.82) is 0 Å². The summed E-state index contributed by atoms with van der Waals surface area (Å²) < 4.78 is 27.7. The summed E-state index contributed by atoms with van der Waals surface area (Å²) in [7, 11) is -3.51. The van der Waals surface area contributed by atoms with Crippen molar-refractivity contribution in [3.8, 4) is 0 Å². The quantitative estimate of drug-likeness (QED) is 0.523. The molecule has 0 aromatic heterocycles. The lowest BCUT2D eigenvalue weighted by Gasteiger charge is -2.17. The first kappa shape index (κ1) is 11.7. The second kappa shape index (κ2) is 3.62. The second-order valence-corrected chi connectivity index (χ2v) is 6.72. The third kappa shape index (κ3) is 3.06. The van der Waals surface area contributed by atoms with Gasteiger partial charge in [0.2, 0.25) is 0 Å². The van der Waals surface area contributed by atoms with E-state index < -0.39 is 15.4 Å². The Labute approximate surface area is 84.8 Å². The van der Waals surface area contributed by atoms with Crippen LogP contribution in [0.2, 0.25) is 0 Å². The van der Waals surface area contributed by atoms with E-state index >= 15 is 0 Å². The minimum atomic E-state index is -3.51. The maximum absolute atomic E-state index is 11.4. The molecule has 5 heteroatoms. The van der Waals surface area contributed by atoms with Gasteiger partial charge in [0.1, 0.15) is 6.29 Å². The lowest BCUT2D eigenvalue weighted by atomic mass is 9.99. The Kier molecular flexibility index (Phi) is 3.02. The summed E-state index contributed by atoms with van der Waals surface area (Å²) in [4.78, 5) is 10.3. The molecule has 1 saturated carbocycles. The highest BCUT2D eigenvalue weighted by Crippen LogP contribution is 2.36. The van der Waals surface area contributed by atoms with Crippen molar-refractivity contribution in [3.63, 3.8) is 0 Å². The van der Waals surface area contributed by atoms with Gasteiger partial charge in [-0.25, -0.2) is 0 Å². The minimum absolute atomic E-state index is 0.164. The number of rotatable bonds is 4. The third-order valence-corrected chi connectivity index (χ3v) is 3.71. The van der Waals surface area contributed by atoms with Crippen LogP contribution in [0.15, 0.2) is 0 Å². The Morgan fingerprint density at radius 1 is 1.43 bits per heavy atom. The molecule has 2 atom stereocenters. The van der Waals surface area contributed by atoms with E-state index in [1.165, 1.54) is 0 Å². The molecule has 0 aliphatic heterocycles. The first-order chi connectivity index (χ1) is 6.26. The van der Waals surface area contributed by atoms with E-state index in [1.807, 2.05) is 20.8 Å². The summed E-state index contributed by atoms with van der Waals surface area (Å²) in [5, 5.41) is -0.595. The number of carbonyl (C=O) groups is 1. The molecule has 0 aromatic rings. The van der Waals surface area contributed by atoms with Gasteiger partial charge < -0.3 is 4.79 Å². The fourth-order valence-electron chi connectivity index (χ4n) is 1.01. The molecule has 82 valence electrons. The molecule has 0 radical (unpaired) electrons. The standard InChI is InChI=1S/C9H16O4S/c1-9(2,3)6-13-14(11,12)8-4-7(8)5-10/h5,7-8H,4,6H2,1-3H3/t7-,8+/m0/s1. The van der Waals surface area contributed by atoms with E-state index in [1.54, 1.807) is 0 Å². The predicted octanol–water partition coefficient (Wildman–Crippen LogP) is 0.966. The highest BCUT2D eigenvalue weighted by Gasteiger charge is 2.48. The molecule has 1 aliphatic carbocycles. The van der Waals surface area contributed by atoms with E-state index in [0.717, 1.165) is 0 Å². The zero-order valence-electron chi connectivity index (χ0n) is 8.69. The lowest BCUT2D eigenvalue weighted by molar-refractivity contribution is -0.108. The van der Waals surface area contributed by atoms with Crippen LogP contribution in [0.4, 0.5) is 0 Å². The van der Waals surface area contributed by atoms with Crippen molar-refractivity contribution in [3.05, 3.63) is 0 Å². The van der Waals surface area contributed by atoms with Crippen molar-refractivity contribution in [2.75, 3.05) is 6.61 Å². The molecule has 0 saturated heterocycles. The van der Waals surface area contributed by atoms with Gasteiger partial charge in [-0.2, -0.15) is 8.42 Å². The molecular weight excluding hydrogens is 204 g/mol. The Bertz CT molecular complexity index is 312. The molecule has 14 heavy (non-hydrogen) atoms. The first-order valence-electron chi connectivity index (χ1n) is 4.60. The second-order valence-electron chi connectivity index (χ2n) is 4.89. The van der Waals surface area contributed by atoms with Crippen LogP contribution in [0.1, 0.15) is 27.2 Å². The van der Waals surface area contributed by atoms with E-state index in [0.29, 0.717) is 12.7 Å². The van der Waals surface area contributed by atoms with Crippen molar-refractivity contribution in [2.45, 2.75) is 32.4 Å². The number of hydrogen-bond acceptors (Lipinski definition) is 4. The minimum Gasteiger partial charge on any atom is -0.303 e. The molecule has 1 aliphatic rings. The molecular formula is C9H16O4S. The molecule has 0 amide bonds. The van der Waals surface area contributed by atoms with Gasteiger partial charge in [-0.05, 0) is 11.8 Å². The van der Waals surface area contributed by atoms with Gasteiger partial charge in [0.25, 0.3) is 10.1 Å². The molecule has 1 rings (SSSR count). The Morgan fingerprint density at radius 3 is 2.36 bits per heavy atom. The van der Waals surface area contributed by atoms with Crippen molar-refractivity contribution < 1.29 is 17.4 Å². The smallest absolute Gasteiger partial charge is 0.270 e. The SMILES string of the molecule is CC(C)(C)COS(=O)(=O)[C@@H]1C[C@H]1C=O. The summed E-state index contributed by atoms with van der Waals surface area (Å²) >= 11 is 0. The van der Waals surface area contributed by atoms with Crippen molar-refractivity contribution in [2.24, 2.45) is 11.3 Å². The Hall–Kier alpha value is -0.420. The third-order valence-electron chi connectivity index (χ3n) is 1.98. The average Bonchev–Trinajstić information content (AvgIpc) is 2.78. The van der Waals surface area contributed by atoms with Gasteiger partial charge in [0.05, 0.1) is 11.9 Å². The Morgan fingerprint density at radius 2 is 2.00 bits per heavy atom. The van der Waals surface area contributed by atoms with Crippen LogP contribution in [0.25, 0.3) is 0 Å². The molecule has 1 fully saturated rings. The van der Waals surface area contributed by atoms with E-state index in [9.17, 15) is 13.2 Å². The normalized spacial score (nSPS) is 27.4. The van der Waals surface area contributed by atoms with Crippen LogP contribution in [0.5, 0.6) is 0 Å². The maximum atomic E-state index is 11.4. The first-order valence-corrected chi connectivity index (χ1v) is 6.07. The summed E-state index contributed by atoms with van der Waals surface area (Å²) in [6.45, 7) is 5.85. The summed E-state index contributed by atoms with van der Waals surface area (Å²) in [6, 6.07) is 0.